The van der Waals surface area contributed by atoms with Crippen LogP contribution in [0.2, 0.25) is 0 Å². The summed E-state index contributed by atoms with van der Waals surface area (Å²) in [7, 11) is 2.11. The van der Waals surface area contributed by atoms with Crippen LogP contribution >= 0.6 is 0 Å². The summed E-state index contributed by atoms with van der Waals surface area (Å²) in [5, 5.41) is 9.39. The van der Waals surface area contributed by atoms with E-state index < -0.39 is 11.7 Å². The van der Waals surface area contributed by atoms with Gasteiger partial charge in [-0.25, -0.2) is 4.98 Å². The van der Waals surface area contributed by atoms with E-state index in [1.807, 2.05) is 24.0 Å². The fourth-order valence-electron chi connectivity index (χ4n) is 4.10. The number of aromatic nitrogens is 2. The normalized spacial score (nSPS) is 18.1. The van der Waals surface area contributed by atoms with Gasteiger partial charge >= 0.3 is 6.18 Å². The van der Waals surface area contributed by atoms with Crippen LogP contribution in [0.1, 0.15) is 16.8 Å². The quantitative estimate of drug-likeness (QED) is 0.720. The first-order valence-electron chi connectivity index (χ1n) is 10.6. The molecular formula is C22H26F3N7. The maximum atomic E-state index is 13.0. The van der Waals surface area contributed by atoms with Crippen molar-refractivity contribution in [3.8, 4) is 6.07 Å². The summed E-state index contributed by atoms with van der Waals surface area (Å²) in [6.45, 7) is 8.17. The van der Waals surface area contributed by atoms with Crippen molar-refractivity contribution < 1.29 is 13.2 Å². The second kappa shape index (κ2) is 8.82. The van der Waals surface area contributed by atoms with Crippen molar-refractivity contribution in [2.75, 3.05) is 74.1 Å². The molecule has 32 heavy (non-hydrogen) atoms. The third-order valence-corrected chi connectivity index (χ3v) is 6.00. The highest BCUT2D eigenvalue weighted by atomic mass is 19.4. The number of nitriles is 1. The molecule has 0 amide bonds. The molecule has 2 aliphatic heterocycles. The lowest BCUT2D eigenvalue weighted by Gasteiger charge is -2.37. The van der Waals surface area contributed by atoms with E-state index in [1.54, 1.807) is 0 Å². The Hall–Kier alpha value is -3.06. The van der Waals surface area contributed by atoms with Crippen molar-refractivity contribution >= 4 is 17.5 Å². The van der Waals surface area contributed by atoms with Crippen LogP contribution < -0.4 is 14.7 Å². The van der Waals surface area contributed by atoms with Gasteiger partial charge in [-0.3, -0.25) is 0 Å². The lowest BCUT2D eigenvalue weighted by molar-refractivity contribution is -0.137. The van der Waals surface area contributed by atoms with Crippen LogP contribution in [0.25, 0.3) is 0 Å². The maximum Gasteiger partial charge on any atom is 0.416 e. The minimum Gasteiger partial charge on any atom is -0.367 e. The van der Waals surface area contributed by atoms with Gasteiger partial charge in [0.05, 0.1) is 16.8 Å². The maximum absolute atomic E-state index is 13.0. The van der Waals surface area contributed by atoms with Crippen molar-refractivity contribution in [3.63, 3.8) is 0 Å². The van der Waals surface area contributed by atoms with E-state index in [2.05, 4.69) is 26.7 Å². The molecule has 0 spiro atoms. The van der Waals surface area contributed by atoms with Crippen molar-refractivity contribution in [2.24, 2.45) is 0 Å². The number of alkyl halides is 3. The van der Waals surface area contributed by atoms with Crippen molar-refractivity contribution in [2.45, 2.75) is 13.1 Å². The molecule has 1 aromatic heterocycles. The van der Waals surface area contributed by atoms with Crippen molar-refractivity contribution in [1.82, 2.24) is 14.9 Å². The fourth-order valence-corrected chi connectivity index (χ4v) is 4.10. The van der Waals surface area contributed by atoms with Gasteiger partial charge in [-0.2, -0.15) is 23.4 Å². The summed E-state index contributed by atoms with van der Waals surface area (Å²) in [5.41, 5.74) is 0.669. The second-order valence-electron chi connectivity index (χ2n) is 8.27. The van der Waals surface area contributed by atoms with E-state index in [9.17, 15) is 18.4 Å². The smallest absolute Gasteiger partial charge is 0.367 e. The van der Waals surface area contributed by atoms with Gasteiger partial charge in [0.2, 0.25) is 5.95 Å². The SMILES string of the molecule is Cc1cc(N2CCN(C)CC2)nc(N2CCN(c3ccc(C(F)(F)F)cc3C#N)CC2)n1. The number of nitrogens with zero attached hydrogens (tertiary/aromatic N) is 7. The largest absolute Gasteiger partial charge is 0.416 e. The molecule has 0 aliphatic carbocycles. The Bertz CT molecular complexity index is 1000. The Balaban J connectivity index is 1.47. The molecule has 2 aromatic rings. The number of halogens is 3. The summed E-state index contributed by atoms with van der Waals surface area (Å²) in [6, 6.07) is 7.28. The van der Waals surface area contributed by atoms with Gasteiger partial charge < -0.3 is 19.6 Å². The van der Waals surface area contributed by atoms with E-state index in [0.29, 0.717) is 37.8 Å². The van der Waals surface area contributed by atoms with Gasteiger partial charge in [0.25, 0.3) is 0 Å². The lowest BCUT2D eigenvalue weighted by Crippen LogP contribution is -2.48. The standard InChI is InChI=1S/C22H26F3N7/c1-16-13-20(31-7-5-29(2)6-8-31)28-21(27-16)32-11-9-30(10-12-32)19-4-3-18(22(23,24)25)14-17(19)15-26/h3-4,13-14H,5-12H2,1-2H3. The Morgan fingerprint density at radius 2 is 1.50 bits per heavy atom. The van der Waals surface area contributed by atoms with Crippen LogP contribution in [0.3, 0.4) is 0 Å². The minimum absolute atomic E-state index is 0.0393. The highest BCUT2D eigenvalue weighted by Crippen LogP contribution is 2.33. The predicted molar refractivity (Wildman–Crippen MR) is 117 cm³/mol. The van der Waals surface area contributed by atoms with Gasteiger partial charge in [-0.1, -0.05) is 0 Å². The highest BCUT2D eigenvalue weighted by Gasteiger charge is 2.32. The molecule has 1 aromatic carbocycles. The van der Waals surface area contributed by atoms with Crippen LogP contribution in [0, 0.1) is 18.3 Å². The van der Waals surface area contributed by atoms with Crippen LogP contribution in [0.15, 0.2) is 24.3 Å². The number of benzene rings is 1. The zero-order valence-electron chi connectivity index (χ0n) is 18.2. The number of likely N-dealkylation sites (N-methyl/N-ethyl adjacent to an activating group) is 1. The summed E-state index contributed by atoms with van der Waals surface area (Å²) in [5.74, 6) is 1.60. The summed E-state index contributed by atoms with van der Waals surface area (Å²) >= 11 is 0. The molecule has 2 aliphatic rings. The molecule has 0 bridgehead atoms. The highest BCUT2D eigenvalue weighted by molar-refractivity contribution is 5.61. The van der Waals surface area contributed by atoms with E-state index in [1.165, 1.54) is 6.07 Å². The molecule has 7 nitrogen and oxygen atoms in total. The molecule has 0 N–H and O–H groups in total. The minimum atomic E-state index is -4.47. The van der Waals surface area contributed by atoms with Gasteiger partial charge in [0, 0.05) is 64.1 Å². The first-order chi connectivity index (χ1) is 15.2. The van der Waals surface area contributed by atoms with Crippen LogP contribution in [0.4, 0.5) is 30.6 Å². The zero-order chi connectivity index (χ0) is 22.9. The van der Waals surface area contributed by atoms with Crippen molar-refractivity contribution in [1.29, 1.82) is 5.26 Å². The van der Waals surface area contributed by atoms with E-state index >= 15 is 0 Å². The number of aryl methyl sites for hydroxylation is 1. The molecule has 3 heterocycles. The monoisotopic (exact) mass is 445 g/mol. The molecular weight excluding hydrogens is 419 g/mol. The Morgan fingerprint density at radius 1 is 0.875 bits per heavy atom. The van der Waals surface area contributed by atoms with Gasteiger partial charge in [-0.15, -0.1) is 0 Å². The first-order valence-corrected chi connectivity index (χ1v) is 10.6. The molecule has 170 valence electrons. The van der Waals surface area contributed by atoms with Gasteiger partial charge in [0.1, 0.15) is 11.9 Å². The van der Waals surface area contributed by atoms with Crippen LogP contribution in [-0.2, 0) is 6.18 Å². The van der Waals surface area contributed by atoms with Crippen LogP contribution in [0.5, 0.6) is 0 Å². The van der Waals surface area contributed by atoms with Crippen LogP contribution in [-0.4, -0.2) is 74.3 Å². The molecule has 0 unspecified atom stereocenters. The van der Waals surface area contributed by atoms with Gasteiger partial charge in [0.15, 0.2) is 0 Å². The number of anilines is 3. The zero-order valence-corrected chi connectivity index (χ0v) is 18.2. The Morgan fingerprint density at radius 3 is 2.12 bits per heavy atom. The summed E-state index contributed by atoms with van der Waals surface area (Å²) in [6.07, 6.45) is -4.47. The molecule has 0 atom stereocenters. The van der Waals surface area contributed by atoms with Crippen molar-refractivity contribution in [3.05, 3.63) is 41.1 Å². The van der Waals surface area contributed by atoms with E-state index in [0.717, 1.165) is 49.8 Å². The molecule has 10 heteroatoms. The topological polar surface area (TPSA) is 62.5 Å². The predicted octanol–water partition coefficient (Wildman–Crippen LogP) is 2.75. The third kappa shape index (κ3) is 4.72. The second-order valence-corrected chi connectivity index (χ2v) is 8.27. The molecule has 4 rings (SSSR count). The number of piperazine rings is 2. The van der Waals surface area contributed by atoms with Gasteiger partial charge in [-0.05, 0) is 32.2 Å². The summed E-state index contributed by atoms with van der Waals surface area (Å²) in [4.78, 5) is 18.0. The molecule has 0 radical (unpaired) electrons. The average Bonchev–Trinajstić information content (AvgIpc) is 2.78. The molecule has 2 fully saturated rings. The Kier molecular flexibility index (Phi) is 6.11. The number of hydrogen-bond donors (Lipinski definition) is 0. The van der Waals surface area contributed by atoms with E-state index in [-0.39, 0.29) is 5.56 Å². The Labute approximate surface area is 185 Å². The molecule has 2 saturated heterocycles. The summed E-state index contributed by atoms with van der Waals surface area (Å²) < 4.78 is 39.0. The number of hydrogen-bond acceptors (Lipinski definition) is 7. The number of rotatable bonds is 3. The molecule has 0 saturated carbocycles. The fraction of sp³-hybridized carbons (Fsp3) is 0.500. The third-order valence-electron chi connectivity index (χ3n) is 6.00. The average molecular weight is 445 g/mol. The lowest BCUT2D eigenvalue weighted by atomic mass is 10.1. The first kappa shape index (κ1) is 22.1. The van der Waals surface area contributed by atoms with E-state index in [4.69, 9.17) is 4.98 Å².